The van der Waals surface area contributed by atoms with Crippen molar-refractivity contribution in [1.29, 1.82) is 0 Å². The second-order valence-corrected chi connectivity index (χ2v) is 6.22. The molecule has 130 valence electrons. The smallest absolute Gasteiger partial charge is 0.409 e. The topological polar surface area (TPSA) is 87.7 Å². The van der Waals surface area contributed by atoms with Crippen LogP contribution in [0.25, 0.3) is 0 Å². The highest BCUT2D eigenvalue weighted by Gasteiger charge is 2.26. The number of likely N-dealkylation sites (tertiary alicyclic amines) is 1. The van der Waals surface area contributed by atoms with Gasteiger partial charge in [-0.3, -0.25) is 9.59 Å². The molecule has 7 nitrogen and oxygen atoms in total. The summed E-state index contributed by atoms with van der Waals surface area (Å²) in [6.45, 7) is 3.09. The molecule has 0 aliphatic carbocycles. The van der Waals surface area contributed by atoms with Gasteiger partial charge in [0.05, 0.1) is 12.3 Å². The van der Waals surface area contributed by atoms with Gasteiger partial charge in [-0.05, 0) is 47.8 Å². The van der Waals surface area contributed by atoms with Crippen LogP contribution in [0.3, 0.4) is 0 Å². The number of ether oxygens (including phenoxy) is 1. The van der Waals surface area contributed by atoms with Crippen LogP contribution in [0.5, 0.6) is 0 Å². The predicted octanol–water partition coefficient (Wildman–Crippen LogP) is 2.12. The highest BCUT2D eigenvalue weighted by atomic mass is 79.9. The van der Waals surface area contributed by atoms with Crippen LogP contribution in [0.15, 0.2) is 28.7 Å². The average molecular weight is 398 g/mol. The molecule has 3 amide bonds. The summed E-state index contributed by atoms with van der Waals surface area (Å²) in [5.41, 5.74) is 0.537. The fraction of sp³-hybridized carbons (Fsp3) is 0.438. The number of nitrogens with zero attached hydrogens (tertiary/aromatic N) is 1. The Labute approximate surface area is 148 Å². The molecule has 0 unspecified atom stereocenters. The van der Waals surface area contributed by atoms with E-state index in [0.717, 1.165) is 0 Å². The molecule has 1 aliphatic rings. The molecule has 1 aliphatic heterocycles. The number of halogens is 1. The Morgan fingerprint density at radius 2 is 1.88 bits per heavy atom. The van der Waals surface area contributed by atoms with E-state index in [-0.39, 0.29) is 12.1 Å². The molecule has 1 aromatic carbocycles. The lowest BCUT2D eigenvalue weighted by Gasteiger charge is -2.31. The minimum atomic E-state index is -0.713. The van der Waals surface area contributed by atoms with Crippen molar-refractivity contribution in [3.8, 4) is 0 Å². The molecular formula is C16H20BrN3O4. The third-order valence-corrected chi connectivity index (χ3v) is 4.38. The Kier molecular flexibility index (Phi) is 6.60. The first-order chi connectivity index (χ1) is 11.5. The molecule has 0 atom stereocenters. The molecule has 0 saturated carbocycles. The maximum Gasteiger partial charge on any atom is 0.409 e. The third kappa shape index (κ3) is 4.95. The van der Waals surface area contributed by atoms with Gasteiger partial charge in [0.1, 0.15) is 0 Å². The number of para-hydroxylation sites is 1. The van der Waals surface area contributed by atoms with Gasteiger partial charge < -0.3 is 20.3 Å². The maximum atomic E-state index is 12.0. The van der Waals surface area contributed by atoms with E-state index < -0.39 is 11.8 Å². The molecule has 0 radical (unpaired) electrons. The molecule has 2 N–H and O–H groups in total. The maximum absolute atomic E-state index is 12.0. The zero-order valence-electron chi connectivity index (χ0n) is 13.4. The second-order valence-electron chi connectivity index (χ2n) is 5.37. The van der Waals surface area contributed by atoms with E-state index in [2.05, 4.69) is 26.6 Å². The molecule has 1 aromatic rings. The lowest BCUT2D eigenvalue weighted by Crippen LogP contribution is -2.49. The number of carbonyl (C=O) groups excluding carboxylic acids is 3. The van der Waals surface area contributed by atoms with Gasteiger partial charge in [-0.2, -0.15) is 0 Å². The Bertz CT molecular complexity index is 615. The van der Waals surface area contributed by atoms with Crippen LogP contribution in [0.1, 0.15) is 19.8 Å². The van der Waals surface area contributed by atoms with Gasteiger partial charge in [-0.1, -0.05) is 12.1 Å². The number of rotatable bonds is 3. The predicted molar refractivity (Wildman–Crippen MR) is 92.5 cm³/mol. The van der Waals surface area contributed by atoms with Crippen LogP contribution in [0.4, 0.5) is 10.5 Å². The van der Waals surface area contributed by atoms with Crippen molar-refractivity contribution in [3.05, 3.63) is 28.7 Å². The monoisotopic (exact) mass is 397 g/mol. The molecule has 1 saturated heterocycles. The van der Waals surface area contributed by atoms with Gasteiger partial charge in [-0.25, -0.2) is 4.79 Å². The minimum absolute atomic E-state index is 0.131. The van der Waals surface area contributed by atoms with E-state index in [1.807, 2.05) is 6.07 Å². The van der Waals surface area contributed by atoms with Gasteiger partial charge in [0, 0.05) is 23.6 Å². The standard InChI is InChI=1S/C16H20BrN3O4/c1-2-24-16(23)20-9-7-11(8-10-20)18-14(21)15(22)19-13-6-4-3-5-12(13)17/h3-6,11H,2,7-10H2,1H3,(H,18,21)(H,19,22). The van der Waals surface area contributed by atoms with Crippen molar-refractivity contribution in [2.45, 2.75) is 25.8 Å². The summed E-state index contributed by atoms with van der Waals surface area (Å²) in [6, 6.07) is 6.93. The largest absolute Gasteiger partial charge is 0.450 e. The van der Waals surface area contributed by atoms with Crippen LogP contribution in [-0.4, -0.2) is 48.5 Å². The van der Waals surface area contributed by atoms with E-state index in [9.17, 15) is 14.4 Å². The van der Waals surface area contributed by atoms with E-state index in [4.69, 9.17) is 4.74 Å². The summed E-state index contributed by atoms with van der Waals surface area (Å²) < 4.78 is 5.65. The van der Waals surface area contributed by atoms with Crippen molar-refractivity contribution < 1.29 is 19.1 Å². The number of carbonyl (C=O) groups is 3. The van der Waals surface area contributed by atoms with Crippen LogP contribution in [0, 0.1) is 0 Å². The molecule has 0 spiro atoms. The molecule has 1 heterocycles. The van der Waals surface area contributed by atoms with Crippen LogP contribution < -0.4 is 10.6 Å². The van der Waals surface area contributed by atoms with E-state index in [0.29, 0.717) is 42.7 Å². The lowest BCUT2D eigenvalue weighted by molar-refractivity contribution is -0.136. The summed E-state index contributed by atoms with van der Waals surface area (Å²) >= 11 is 3.31. The Morgan fingerprint density at radius 1 is 1.21 bits per heavy atom. The number of anilines is 1. The zero-order valence-corrected chi connectivity index (χ0v) is 15.0. The van der Waals surface area contributed by atoms with E-state index >= 15 is 0 Å². The highest BCUT2D eigenvalue weighted by Crippen LogP contribution is 2.21. The molecule has 2 rings (SSSR count). The Balaban J connectivity index is 1.80. The van der Waals surface area contributed by atoms with Crippen molar-refractivity contribution in [3.63, 3.8) is 0 Å². The third-order valence-electron chi connectivity index (χ3n) is 3.68. The van der Waals surface area contributed by atoms with Crippen LogP contribution in [-0.2, 0) is 14.3 Å². The summed E-state index contributed by atoms with van der Waals surface area (Å²) in [4.78, 5) is 37.2. The van der Waals surface area contributed by atoms with Crippen LogP contribution in [0.2, 0.25) is 0 Å². The number of amides is 3. The quantitative estimate of drug-likeness (QED) is 0.764. The van der Waals surface area contributed by atoms with Crippen molar-refractivity contribution >= 4 is 39.5 Å². The summed E-state index contributed by atoms with van der Waals surface area (Å²) in [5.74, 6) is -1.39. The first-order valence-electron chi connectivity index (χ1n) is 7.79. The first-order valence-corrected chi connectivity index (χ1v) is 8.58. The van der Waals surface area contributed by atoms with Crippen molar-refractivity contribution in [1.82, 2.24) is 10.2 Å². The minimum Gasteiger partial charge on any atom is -0.450 e. The number of nitrogens with one attached hydrogen (secondary N) is 2. The number of benzene rings is 1. The number of piperidine rings is 1. The molecule has 0 bridgehead atoms. The molecule has 0 aromatic heterocycles. The number of hydrogen-bond acceptors (Lipinski definition) is 4. The number of hydrogen-bond donors (Lipinski definition) is 2. The van der Waals surface area contributed by atoms with Gasteiger partial charge >= 0.3 is 17.9 Å². The van der Waals surface area contributed by atoms with Gasteiger partial charge in [-0.15, -0.1) is 0 Å². The second kappa shape index (κ2) is 8.68. The fourth-order valence-electron chi connectivity index (χ4n) is 2.41. The highest BCUT2D eigenvalue weighted by molar-refractivity contribution is 9.10. The lowest BCUT2D eigenvalue weighted by atomic mass is 10.1. The average Bonchev–Trinajstić information content (AvgIpc) is 2.57. The molecule has 1 fully saturated rings. The molecule has 24 heavy (non-hydrogen) atoms. The van der Waals surface area contributed by atoms with Crippen molar-refractivity contribution in [2.75, 3.05) is 25.0 Å². The summed E-state index contributed by atoms with van der Waals surface area (Å²) in [6.07, 6.45) is 0.841. The Hall–Kier alpha value is -2.09. The van der Waals surface area contributed by atoms with Gasteiger partial charge in [0.15, 0.2) is 0 Å². The molecular weight excluding hydrogens is 378 g/mol. The van der Waals surface area contributed by atoms with Gasteiger partial charge in [0.2, 0.25) is 0 Å². The summed E-state index contributed by atoms with van der Waals surface area (Å²) in [5, 5.41) is 5.27. The Morgan fingerprint density at radius 3 is 2.50 bits per heavy atom. The zero-order chi connectivity index (χ0) is 17.5. The molecule has 8 heteroatoms. The fourth-order valence-corrected chi connectivity index (χ4v) is 2.80. The first kappa shape index (κ1) is 18.3. The van der Waals surface area contributed by atoms with Crippen LogP contribution >= 0.6 is 15.9 Å². The van der Waals surface area contributed by atoms with Gasteiger partial charge in [0.25, 0.3) is 0 Å². The van der Waals surface area contributed by atoms with E-state index in [1.54, 1.807) is 30.0 Å². The normalized spacial score (nSPS) is 14.8. The van der Waals surface area contributed by atoms with E-state index in [1.165, 1.54) is 0 Å². The summed E-state index contributed by atoms with van der Waals surface area (Å²) in [7, 11) is 0. The van der Waals surface area contributed by atoms with Crippen molar-refractivity contribution in [2.24, 2.45) is 0 Å². The SMILES string of the molecule is CCOC(=O)N1CCC(NC(=O)C(=O)Nc2ccccc2Br)CC1.